The zero-order chi connectivity index (χ0) is 17.2. The number of methoxy groups -OCH3 is 1. The van der Waals surface area contributed by atoms with E-state index in [9.17, 15) is 4.79 Å². The van der Waals surface area contributed by atoms with Crippen molar-refractivity contribution in [3.8, 4) is 11.5 Å². The summed E-state index contributed by atoms with van der Waals surface area (Å²) in [7, 11) is 1.75. The van der Waals surface area contributed by atoms with Crippen molar-refractivity contribution in [2.75, 3.05) is 20.2 Å². The highest BCUT2D eigenvalue weighted by Crippen LogP contribution is 2.40. The zero-order valence-corrected chi connectivity index (χ0v) is 14.5. The molecule has 4 rings (SSSR count). The molecule has 0 unspecified atom stereocenters. The Labute approximate surface area is 148 Å². The number of benzene rings is 2. The molecule has 1 atom stereocenters. The molecule has 0 spiro atoms. The van der Waals surface area contributed by atoms with Crippen LogP contribution in [0.2, 0.25) is 0 Å². The summed E-state index contributed by atoms with van der Waals surface area (Å²) in [6.45, 7) is 1.71. The molecule has 1 saturated heterocycles. The van der Waals surface area contributed by atoms with Gasteiger partial charge in [-0.05, 0) is 55.5 Å². The lowest BCUT2D eigenvalue weighted by atomic mass is 10.1. The summed E-state index contributed by atoms with van der Waals surface area (Å²) in [6, 6.07) is 13.6. The highest BCUT2D eigenvalue weighted by Gasteiger charge is 2.25. The number of fused-ring (bicyclic) bond motifs is 1. The number of rotatable bonds is 4. The maximum Gasteiger partial charge on any atom is 0.253 e. The molecule has 1 aliphatic heterocycles. The molecule has 25 heavy (non-hydrogen) atoms. The Bertz CT molecular complexity index is 780. The number of hydrogen-bond acceptors (Lipinski definition) is 3. The van der Waals surface area contributed by atoms with E-state index in [1.54, 1.807) is 7.11 Å². The van der Waals surface area contributed by atoms with Crippen molar-refractivity contribution in [1.29, 1.82) is 0 Å². The van der Waals surface area contributed by atoms with E-state index in [2.05, 4.69) is 6.07 Å². The van der Waals surface area contributed by atoms with Crippen LogP contribution < -0.4 is 4.74 Å². The first kappa shape index (κ1) is 16.2. The summed E-state index contributed by atoms with van der Waals surface area (Å²) in [5, 5.41) is 0. The predicted molar refractivity (Wildman–Crippen MR) is 96.2 cm³/mol. The van der Waals surface area contributed by atoms with Gasteiger partial charge in [-0.25, -0.2) is 0 Å². The molecule has 1 amide bonds. The topological polar surface area (TPSA) is 38.8 Å². The van der Waals surface area contributed by atoms with Crippen molar-refractivity contribution in [2.45, 2.75) is 31.8 Å². The second-order valence-corrected chi connectivity index (χ2v) is 6.72. The Morgan fingerprint density at radius 3 is 2.72 bits per heavy atom. The maximum absolute atomic E-state index is 12.6. The number of carbonyl (C=O) groups excluding carboxylic acids is 1. The summed E-state index contributed by atoms with van der Waals surface area (Å²) in [5.74, 6) is 1.67. The highest BCUT2D eigenvalue weighted by molar-refractivity contribution is 5.94. The molecule has 2 aromatic carbocycles. The van der Waals surface area contributed by atoms with Crippen molar-refractivity contribution >= 4 is 5.91 Å². The second kappa shape index (κ2) is 6.89. The van der Waals surface area contributed by atoms with Gasteiger partial charge in [0, 0.05) is 31.3 Å². The normalized spacial score (nSPS) is 19.1. The van der Waals surface area contributed by atoms with Gasteiger partial charge in [-0.3, -0.25) is 4.79 Å². The lowest BCUT2D eigenvalue weighted by Gasteiger charge is -2.16. The molecule has 4 heteroatoms. The van der Waals surface area contributed by atoms with E-state index in [-0.39, 0.29) is 12.0 Å². The first-order valence-corrected chi connectivity index (χ1v) is 8.98. The first-order chi connectivity index (χ1) is 12.3. The second-order valence-electron chi connectivity index (χ2n) is 6.72. The summed E-state index contributed by atoms with van der Waals surface area (Å²) in [4.78, 5) is 14.5. The Morgan fingerprint density at radius 2 is 1.92 bits per heavy atom. The Kier molecular flexibility index (Phi) is 4.45. The molecule has 2 aliphatic rings. The van der Waals surface area contributed by atoms with E-state index in [0.29, 0.717) is 11.3 Å². The molecule has 0 bridgehead atoms. The maximum atomic E-state index is 12.6. The first-order valence-electron chi connectivity index (χ1n) is 8.98. The molecule has 1 fully saturated rings. The third kappa shape index (κ3) is 3.14. The SMILES string of the molecule is CO[C@@H]1CCc2c(Oc3cccc(C(=O)N4CCCC4)c3)cccc21. The largest absolute Gasteiger partial charge is 0.457 e. The molecule has 2 aromatic rings. The van der Waals surface area contributed by atoms with Gasteiger partial charge in [-0.2, -0.15) is 0 Å². The molecule has 0 radical (unpaired) electrons. The van der Waals surface area contributed by atoms with Crippen LogP contribution in [-0.2, 0) is 11.2 Å². The predicted octanol–water partition coefficient (Wildman–Crippen LogP) is 4.35. The molecule has 130 valence electrons. The average Bonchev–Trinajstić information content (AvgIpc) is 3.31. The highest BCUT2D eigenvalue weighted by atomic mass is 16.5. The fraction of sp³-hybridized carbons (Fsp3) is 0.381. The number of hydrogen-bond donors (Lipinski definition) is 0. The van der Waals surface area contributed by atoms with Crippen molar-refractivity contribution in [2.24, 2.45) is 0 Å². The van der Waals surface area contributed by atoms with Crippen molar-refractivity contribution in [3.05, 3.63) is 59.2 Å². The van der Waals surface area contributed by atoms with Crippen LogP contribution in [0.15, 0.2) is 42.5 Å². The minimum atomic E-state index is 0.0979. The fourth-order valence-corrected chi connectivity index (χ4v) is 3.85. The van der Waals surface area contributed by atoms with Crippen LogP contribution in [0.4, 0.5) is 0 Å². The van der Waals surface area contributed by atoms with Crippen LogP contribution in [0, 0.1) is 0 Å². The van der Waals surface area contributed by atoms with E-state index in [1.165, 1.54) is 11.1 Å². The van der Waals surface area contributed by atoms with E-state index >= 15 is 0 Å². The molecule has 0 saturated carbocycles. The Hall–Kier alpha value is -2.33. The minimum Gasteiger partial charge on any atom is -0.457 e. The smallest absolute Gasteiger partial charge is 0.253 e. The van der Waals surface area contributed by atoms with Crippen molar-refractivity contribution in [1.82, 2.24) is 4.90 Å². The van der Waals surface area contributed by atoms with E-state index in [0.717, 1.165) is 44.5 Å². The fourth-order valence-electron chi connectivity index (χ4n) is 3.85. The summed E-state index contributed by atoms with van der Waals surface area (Å²) < 4.78 is 11.7. The van der Waals surface area contributed by atoms with Crippen LogP contribution in [-0.4, -0.2) is 31.0 Å². The number of carbonyl (C=O) groups is 1. The van der Waals surface area contributed by atoms with Crippen LogP contribution in [0.1, 0.15) is 46.9 Å². The average molecular weight is 337 g/mol. The molecule has 0 aromatic heterocycles. The van der Waals surface area contributed by atoms with E-state index < -0.39 is 0 Å². The van der Waals surface area contributed by atoms with Crippen molar-refractivity contribution < 1.29 is 14.3 Å². The standard InChI is InChI=1S/C21H23NO3/c1-24-19-11-10-18-17(19)8-5-9-20(18)25-16-7-4-6-15(14-16)21(23)22-12-2-3-13-22/h4-9,14,19H,2-3,10-13H2,1H3/t19-/m1/s1. The summed E-state index contributed by atoms with van der Waals surface area (Å²) in [5.41, 5.74) is 3.12. The van der Waals surface area contributed by atoms with E-state index in [1.807, 2.05) is 41.3 Å². The van der Waals surface area contributed by atoms with Crippen molar-refractivity contribution in [3.63, 3.8) is 0 Å². The number of amides is 1. The number of nitrogens with zero attached hydrogens (tertiary/aromatic N) is 1. The third-order valence-corrected chi connectivity index (χ3v) is 5.16. The van der Waals surface area contributed by atoms with Gasteiger partial charge in [0.1, 0.15) is 11.5 Å². The van der Waals surface area contributed by atoms with Gasteiger partial charge >= 0.3 is 0 Å². The van der Waals surface area contributed by atoms with Gasteiger partial charge in [0.25, 0.3) is 5.91 Å². The van der Waals surface area contributed by atoms with Crippen LogP contribution in [0.3, 0.4) is 0 Å². The van der Waals surface area contributed by atoms with Gasteiger partial charge in [0.2, 0.25) is 0 Å². The zero-order valence-electron chi connectivity index (χ0n) is 14.5. The van der Waals surface area contributed by atoms with Gasteiger partial charge in [-0.1, -0.05) is 18.2 Å². The molecular formula is C21H23NO3. The molecule has 1 aliphatic carbocycles. The number of ether oxygens (including phenoxy) is 2. The quantitative estimate of drug-likeness (QED) is 0.832. The number of likely N-dealkylation sites (tertiary alicyclic amines) is 1. The lowest BCUT2D eigenvalue weighted by Crippen LogP contribution is -2.27. The molecule has 4 nitrogen and oxygen atoms in total. The van der Waals surface area contributed by atoms with E-state index in [4.69, 9.17) is 9.47 Å². The van der Waals surface area contributed by atoms with Crippen LogP contribution in [0.25, 0.3) is 0 Å². The molecule has 1 heterocycles. The van der Waals surface area contributed by atoms with Crippen LogP contribution in [0.5, 0.6) is 11.5 Å². The summed E-state index contributed by atoms with van der Waals surface area (Å²) in [6.07, 6.45) is 4.29. The minimum absolute atomic E-state index is 0.0979. The van der Waals surface area contributed by atoms with Gasteiger partial charge < -0.3 is 14.4 Å². The molecule has 0 N–H and O–H groups in total. The molecular weight excluding hydrogens is 314 g/mol. The van der Waals surface area contributed by atoms with Crippen LogP contribution >= 0.6 is 0 Å². The van der Waals surface area contributed by atoms with Gasteiger partial charge in [-0.15, -0.1) is 0 Å². The Balaban J connectivity index is 1.57. The lowest BCUT2D eigenvalue weighted by molar-refractivity contribution is 0.0792. The monoisotopic (exact) mass is 337 g/mol. The third-order valence-electron chi connectivity index (χ3n) is 5.16. The van der Waals surface area contributed by atoms with Gasteiger partial charge in [0.05, 0.1) is 6.10 Å². The van der Waals surface area contributed by atoms with Gasteiger partial charge in [0.15, 0.2) is 0 Å². The summed E-state index contributed by atoms with van der Waals surface area (Å²) >= 11 is 0. The Morgan fingerprint density at radius 1 is 1.12 bits per heavy atom.